The molecule has 2 aromatic rings. The van der Waals surface area contributed by atoms with E-state index in [2.05, 4.69) is 15.5 Å². The molecule has 0 atom stereocenters. The van der Waals surface area contributed by atoms with Crippen molar-refractivity contribution >= 4 is 23.7 Å². The Morgan fingerprint density at radius 3 is 2.88 bits per heavy atom. The van der Waals surface area contributed by atoms with Crippen molar-refractivity contribution in [1.82, 2.24) is 20.2 Å². The molecule has 0 saturated carbocycles. The molecule has 0 saturated heterocycles. The van der Waals surface area contributed by atoms with Gasteiger partial charge >= 0.3 is 0 Å². The highest BCUT2D eigenvalue weighted by Crippen LogP contribution is 2.21. The van der Waals surface area contributed by atoms with Gasteiger partial charge in [0.15, 0.2) is 5.78 Å². The number of anilines is 1. The highest BCUT2D eigenvalue weighted by atomic mass is 32.1. The Bertz CT molecular complexity index is 600. The third-order valence-corrected chi connectivity index (χ3v) is 2.44. The molecule has 7 heteroatoms. The number of nitrogens with zero attached hydrogens (tertiary/aromatic N) is 3. The van der Waals surface area contributed by atoms with Crippen molar-refractivity contribution in [3.05, 3.63) is 28.5 Å². The Morgan fingerprint density at radius 2 is 2.31 bits per heavy atom. The van der Waals surface area contributed by atoms with Gasteiger partial charge in [-0.3, -0.25) is 4.79 Å². The Balaban J connectivity index is 2.68. The lowest BCUT2D eigenvalue weighted by Crippen LogP contribution is -2.07. The SMILES string of the molecule is CC(=O)c1cccc(-n2[nH]nnc2=S)c1N. The van der Waals surface area contributed by atoms with E-state index in [4.69, 9.17) is 18.0 Å². The molecule has 1 aromatic carbocycles. The van der Waals surface area contributed by atoms with Gasteiger partial charge in [0.05, 0.1) is 11.4 Å². The van der Waals surface area contributed by atoms with Gasteiger partial charge in [-0.15, -0.1) is 0 Å². The average Bonchev–Trinajstić information content (AvgIpc) is 2.64. The molecule has 82 valence electrons. The van der Waals surface area contributed by atoms with Gasteiger partial charge in [-0.1, -0.05) is 16.4 Å². The first-order chi connectivity index (χ1) is 7.61. The molecule has 6 nitrogen and oxygen atoms in total. The summed E-state index contributed by atoms with van der Waals surface area (Å²) in [6.45, 7) is 1.46. The predicted octanol–water partition coefficient (Wildman–Crippen LogP) is 1.11. The van der Waals surface area contributed by atoms with E-state index in [1.807, 2.05) is 0 Å². The monoisotopic (exact) mass is 235 g/mol. The van der Waals surface area contributed by atoms with E-state index in [1.165, 1.54) is 11.6 Å². The summed E-state index contributed by atoms with van der Waals surface area (Å²) in [5.74, 6) is -0.0988. The van der Waals surface area contributed by atoms with Crippen LogP contribution in [0.3, 0.4) is 0 Å². The molecule has 0 unspecified atom stereocenters. The number of ketones is 1. The summed E-state index contributed by atoms with van der Waals surface area (Å²) >= 11 is 4.95. The third-order valence-electron chi connectivity index (χ3n) is 2.17. The van der Waals surface area contributed by atoms with Crippen LogP contribution in [0, 0.1) is 4.77 Å². The summed E-state index contributed by atoms with van der Waals surface area (Å²) in [7, 11) is 0. The molecular weight excluding hydrogens is 226 g/mol. The number of hydrogen-bond acceptors (Lipinski definition) is 5. The maximum atomic E-state index is 11.3. The number of aromatic nitrogens is 4. The summed E-state index contributed by atoms with van der Waals surface area (Å²) in [5.41, 5.74) is 7.26. The number of nitrogens with two attached hydrogens (primary N) is 1. The lowest BCUT2D eigenvalue weighted by molar-refractivity contribution is 0.101. The maximum Gasteiger partial charge on any atom is 0.242 e. The van der Waals surface area contributed by atoms with Crippen LogP contribution >= 0.6 is 12.2 Å². The largest absolute Gasteiger partial charge is 0.396 e. The van der Waals surface area contributed by atoms with Crippen LogP contribution in [0.4, 0.5) is 5.69 Å². The quantitative estimate of drug-likeness (QED) is 0.462. The van der Waals surface area contributed by atoms with Crippen LogP contribution in [0.15, 0.2) is 18.2 Å². The molecule has 0 bridgehead atoms. The molecule has 16 heavy (non-hydrogen) atoms. The van der Waals surface area contributed by atoms with Crippen molar-refractivity contribution in [2.75, 3.05) is 5.73 Å². The second-order valence-electron chi connectivity index (χ2n) is 3.21. The molecule has 0 aliphatic heterocycles. The van der Waals surface area contributed by atoms with Crippen LogP contribution in [-0.4, -0.2) is 26.0 Å². The summed E-state index contributed by atoms with van der Waals surface area (Å²) in [5, 5.41) is 9.79. The number of H-pyrrole nitrogens is 1. The summed E-state index contributed by atoms with van der Waals surface area (Å²) in [4.78, 5) is 11.3. The summed E-state index contributed by atoms with van der Waals surface area (Å²) in [6, 6.07) is 5.12. The first kappa shape index (κ1) is 10.5. The number of nitrogen functional groups attached to an aromatic ring is 1. The van der Waals surface area contributed by atoms with Crippen molar-refractivity contribution in [2.45, 2.75) is 6.92 Å². The predicted molar refractivity (Wildman–Crippen MR) is 61.0 cm³/mol. The van der Waals surface area contributed by atoms with Gasteiger partial charge in [-0.2, -0.15) is 5.21 Å². The number of aromatic amines is 1. The molecule has 2 rings (SSSR count). The van der Waals surface area contributed by atoms with Crippen LogP contribution in [0.5, 0.6) is 0 Å². The maximum absolute atomic E-state index is 11.3. The number of Topliss-reactive ketones (excluding diaryl/α,β-unsaturated/α-hetero) is 1. The minimum atomic E-state index is -0.0988. The fraction of sp³-hybridized carbons (Fsp3) is 0.111. The van der Waals surface area contributed by atoms with E-state index < -0.39 is 0 Å². The van der Waals surface area contributed by atoms with E-state index in [1.54, 1.807) is 18.2 Å². The summed E-state index contributed by atoms with van der Waals surface area (Å²) < 4.78 is 1.70. The fourth-order valence-corrected chi connectivity index (χ4v) is 1.59. The van der Waals surface area contributed by atoms with Crippen molar-refractivity contribution in [1.29, 1.82) is 0 Å². The summed E-state index contributed by atoms with van der Waals surface area (Å²) in [6.07, 6.45) is 0. The Morgan fingerprint density at radius 1 is 1.56 bits per heavy atom. The number of carbonyl (C=O) groups is 1. The van der Waals surface area contributed by atoms with Gasteiger partial charge in [0.25, 0.3) is 0 Å². The lowest BCUT2D eigenvalue weighted by atomic mass is 10.1. The third kappa shape index (κ3) is 1.61. The standard InChI is InChI=1S/C9H9N5OS/c1-5(15)6-3-2-4-7(8(6)10)14-9(16)11-12-13-14/h2-4H,10H2,1H3,(H,11,13,16). The van der Waals surface area contributed by atoms with Crippen LogP contribution in [0.25, 0.3) is 5.69 Å². The van der Waals surface area contributed by atoms with Gasteiger partial charge in [0.2, 0.25) is 4.77 Å². The highest BCUT2D eigenvalue weighted by Gasteiger charge is 2.11. The highest BCUT2D eigenvalue weighted by molar-refractivity contribution is 7.71. The molecule has 0 amide bonds. The molecule has 1 heterocycles. The Kier molecular flexibility index (Phi) is 2.53. The zero-order valence-corrected chi connectivity index (χ0v) is 9.28. The van der Waals surface area contributed by atoms with Gasteiger partial charge in [-0.05, 0) is 31.3 Å². The Labute approximate surface area is 96.1 Å². The van der Waals surface area contributed by atoms with E-state index in [0.717, 1.165) is 0 Å². The molecule has 1 aromatic heterocycles. The molecule has 0 fully saturated rings. The van der Waals surface area contributed by atoms with Crippen LogP contribution in [0.1, 0.15) is 17.3 Å². The second kappa shape index (κ2) is 3.86. The van der Waals surface area contributed by atoms with Crippen LogP contribution in [-0.2, 0) is 0 Å². The Hall–Kier alpha value is -2.02. The minimum absolute atomic E-state index is 0.0988. The molecule has 0 spiro atoms. The number of para-hydroxylation sites is 1. The van der Waals surface area contributed by atoms with Crippen LogP contribution in [0.2, 0.25) is 0 Å². The number of hydrogen-bond donors (Lipinski definition) is 2. The number of tetrazole rings is 1. The topological polar surface area (TPSA) is 89.6 Å². The zero-order valence-electron chi connectivity index (χ0n) is 8.47. The van der Waals surface area contributed by atoms with E-state index in [-0.39, 0.29) is 10.6 Å². The van der Waals surface area contributed by atoms with E-state index >= 15 is 0 Å². The van der Waals surface area contributed by atoms with Gasteiger partial charge in [0.1, 0.15) is 0 Å². The molecule has 0 aliphatic carbocycles. The normalized spacial score (nSPS) is 10.3. The van der Waals surface area contributed by atoms with Crippen molar-refractivity contribution in [3.8, 4) is 5.69 Å². The minimum Gasteiger partial charge on any atom is -0.396 e. The van der Waals surface area contributed by atoms with Crippen molar-refractivity contribution in [2.24, 2.45) is 0 Å². The second-order valence-corrected chi connectivity index (χ2v) is 3.58. The molecular formula is C9H9N5OS. The number of nitrogens with one attached hydrogen (secondary N) is 1. The molecule has 3 N–H and O–H groups in total. The van der Waals surface area contributed by atoms with E-state index in [0.29, 0.717) is 16.9 Å². The van der Waals surface area contributed by atoms with Crippen LogP contribution < -0.4 is 5.73 Å². The van der Waals surface area contributed by atoms with Crippen molar-refractivity contribution < 1.29 is 4.79 Å². The number of carbonyl (C=O) groups excluding carboxylic acids is 1. The van der Waals surface area contributed by atoms with Gasteiger partial charge in [0, 0.05) is 5.56 Å². The van der Waals surface area contributed by atoms with Crippen molar-refractivity contribution in [3.63, 3.8) is 0 Å². The number of rotatable bonds is 2. The first-order valence-corrected chi connectivity index (χ1v) is 4.92. The average molecular weight is 235 g/mol. The molecule has 0 radical (unpaired) electrons. The molecule has 0 aliphatic rings. The number of benzene rings is 1. The smallest absolute Gasteiger partial charge is 0.242 e. The zero-order chi connectivity index (χ0) is 11.7. The van der Waals surface area contributed by atoms with Gasteiger partial charge < -0.3 is 5.73 Å². The first-order valence-electron chi connectivity index (χ1n) is 4.51. The lowest BCUT2D eigenvalue weighted by Gasteiger charge is -2.08. The van der Waals surface area contributed by atoms with Gasteiger partial charge in [-0.25, -0.2) is 4.68 Å². The van der Waals surface area contributed by atoms with E-state index in [9.17, 15) is 4.79 Å². The fourth-order valence-electron chi connectivity index (χ4n) is 1.41.